The first kappa shape index (κ1) is 16.1. The number of methoxy groups -OCH3 is 1. The van der Waals surface area contributed by atoms with Crippen molar-refractivity contribution >= 4 is 11.3 Å². The van der Waals surface area contributed by atoms with Crippen molar-refractivity contribution in [2.24, 2.45) is 0 Å². The molecule has 0 fully saturated rings. The lowest BCUT2D eigenvalue weighted by Gasteiger charge is -2.20. The SMILES string of the molecule is COCc1nc(Cc2ccccn2)sc1CNC(C)(C)C. The first-order chi connectivity index (χ1) is 9.98. The molecule has 2 aromatic rings. The van der Waals surface area contributed by atoms with E-state index in [-0.39, 0.29) is 5.54 Å². The molecule has 4 nitrogen and oxygen atoms in total. The van der Waals surface area contributed by atoms with Crippen LogP contribution >= 0.6 is 11.3 Å². The summed E-state index contributed by atoms with van der Waals surface area (Å²) in [6.07, 6.45) is 2.60. The van der Waals surface area contributed by atoms with Crippen molar-refractivity contribution in [3.63, 3.8) is 0 Å². The van der Waals surface area contributed by atoms with Gasteiger partial charge < -0.3 is 10.1 Å². The highest BCUT2D eigenvalue weighted by Gasteiger charge is 2.15. The van der Waals surface area contributed by atoms with Crippen molar-refractivity contribution in [3.05, 3.63) is 45.7 Å². The zero-order valence-corrected chi connectivity index (χ0v) is 14.0. The summed E-state index contributed by atoms with van der Waals surface area (Å²) in [6.45, 7) is 7.87. The van der Waals surface area contributed by atoms with E-state index in [0.717, 1.165) is 29.4 Å². The summed E-state index contributed by atoms with van der Waals surface area (Å²) in [7, 11) is 1.71. The third-order valence-electron chi connectivity index (χ3n) is 2.94. The van der Waals surface area contributed by atoms with Gasteiger partial charge in [0.1, 0.15) is 0 Å². The smallest absolute Gasteiger partial charge is 0.0992 e. The third-order valence-corrected chi connectivity index (χ3v) is 4.04. The van der Waals surface area contributed by atoms with E-state index in [2.05, 4.69) is 31.1 Å². The molecule has 0 aromatic carbocycles. The van der Waals surface area contributed by atoms with Crippen molar-refractivity contribution in [2.75, 3.05) is 7.11 Å². The molecule has 114 valence electrons. The maximum absolute atomic E-state index is 5.26. The number of ether oxygens (including phenoxy) is 1. The number of thiazole rings is 1. The molecule has 0 aliphatic heterocycles. The van der Waals surface area contributed by atoms with E-state index in [0.29, 0.717) is 6.61 Å². The van der Waals surface area contributed by atoms with Gasteiger partial charge in [0.15, 0.2) is 0 Å². The predicted molar refractivity (Wildman–Crippen MR) is 86.5 cm³/mol. The number of hydrogen-bond acceptors (Lipinski definition) is 5. The van der Waals surface area contributed by atoms with Crippen LogP contribution < -0.4 is 5.32 Å². The Morgan fingerprint density at radius 1 is 1.29 bits per heavy atom. The molecule has 0 saturated carbocycles. The first-order valence-corrected chi connectivity index (χ1v) is 7.91. The lowest BCUT2D eigenvalue weighted by molar-refractivity contribution is 0.181. The fourth-order valence-electron chi connectivity index (χ4n) is 1.90. The van der Waals surface area contributed by atoms with Crippen LogP contribution in [0.2, 0.25) is 0 Å². The molecule has 0 unspecified atom stereocenters. The molecule has 0 radical (unpaired) electrons. The lowest BCUT2D eigenvalue weighted by Crippen LogP contribution is -2.35. The molecule has 0 aliphatic rings. The zero-order chi connectivity index (χ0) is 15.3. The molecule has 1 N–H and O–H groups in total. The monoisotopic (exact) mass is 305 g/mol. The molecular formula is C16H23N3OS. The van der Waals surface area contributed by atoms with E-state index in [1.165, 1.54) is 4.88 Å². The summed E-state index contributed by atoms with van der Waals surface area (Å²) in [5, 5.41) is 4.60. The molecule has 0 atom stereocenters. The summed E-state index contributed by atoms with van der Waals surface area (Å²) < 4.78 is 5.26. The van der Waals surface area contributed by atoms with Crippen LogP contribution in [0.4, 0.5) is 0 Å². The predicted octanol–water partition coefficient (Wildman–Crippen LogP) is 3.16. The largest absolute Gasteiger partial charge is 0.378 e. The summed E-state index contributed by atoms with van der Waals surface area (Å²) in [4.78, 5) is 10.3. The van der Waals surface area contributed by atoms with Crippen LogP contribution in [0.3, 0.4) is 0 Å². The van der Waals surface area contributed by atoms with Crippen LogP contribution in [0.5, 0.6) is 0 Å². The maximum Gasteiger partial charge on any atom is 0.0992 e. The molecule has 2 rings (SSSR count). The highest BCUT2D eigenvalue weighted by Crippen LogP contribution is 2.22. The number of aromatic nitrogens is 2. The van der Waals surface area contributed by atoms with Crippen LogP contribution in [-0.4, -0.2) is 22.6 Å². The van der Waals surface area contributed by atoms with E-state index >= 15 is 0 Å². The standard InChI is InChI=1S/C16H23N3OS/c1-16(2,3)18-10-14-13(11-20-4)19-15(21-14)9-12-7-5-6-8-17-12/h5-8,18H,9-11H2,1-4H3. The van der Waals surface area contributed by atoms with Crippen LogP contribution in [-0.2, 0) is 24.3 Å². The Kier molecular flexibility index (Phi) is 5.45. The van der Waals surface area contributed by atoms with E-state index in [1.54, 1.807) is 18.4 Å². The Morgan fingerprint density at radius 3 is 2.71 bits per heavy atom. The fraction of sp³-hybridized carbons (Fsp3) is 0.500. The van der Waals surface area contributed by atoms with E-state index in [1.807, 2.05) is 24.4 Å². The minimum Gasteiger partial charge on any atom is -0.378 e. The van der Waals surface area contributed by atoms with Gasteiger partial charge in [-0.2, -0.15) is 0 Å². The molecule has 0 spiro atoms. The molecular weight excluding hydrogens is 282 g/mol. The number of pyridine rings is 1. The average molecular weight is 305 g/mol. The average Bonchev–Trinajstić information content (AvgIpc) is 2.79. The maximum atomic E-state index is 5.26. The summed E-state index contributed by atoms with van der Waals surface area (Å²) in [5.74, 6) is 0. The number of nitrogens with one attached hydrogen (secondary N) is 1. The van der Waals surface area contributed by atoms with Crippen molar-refractivity contribution in [1.29, 1.82) is 0 Å². The second kappa shape index (κ2) is 7.11. The van der Waals surface area contributed by atoms with Crippen LogP contribution in [0.15, 0.2) is 24.4 Å². The molecule has 0 aliphatic carbocycles. The second-order valence-corrected chi connectivity index (χ2v) is 7.18. The molecule has 0 bridgehead atoms. The van der Waals surface area contributed by atoms with Gasteiger partial charge in [-0.05, 0) is 32.9 Å². The quantitative estimate of drug-likeness (QED) is 0.890. The summed E-state index contributed by atoms with van der Waals surface area (Å²) in [6, 6.07) is 5.97. The highest BCUT2D eigenvalue weighted by molar-refractivity contribution is 7.11. The Balaban J connectivity index is 2.12. The summed E-state index contributed by atoms with van der Waals surface area (Å²) >= 11 is 1.74. The minimum absolute atomic E-state index is 0.0927. The second-order valence-electron chi connectivity index (χ2n) is 6.01. The molecule has 21 heavy (non-hydrogen) atoms. The van der Waals surface area contributed by atoms with Crippen molar-refractivity contribution < 1.29 is 4.74 Å². The topological polar surface area (TPSA) is 47.0 Å². The third kappa shape index (κ3) is 5.19. The van der Waals surface area contributed by atoms with Gasteiger partial charge in [0.2, 0.25) is 0 Å². The Labute approximate surface area is 130 Å². The van der Waals surface area contributed by atoms with E-state index in [9.17, 15) is 0 Å². The van der Waals surface area contributed by atoms with Gasteiger partial charge in [0, 0.05) is 42.4 Å². The molecule has 0 saturated heterocycles. The van der Waals surface area contributed by atoms with Crippen LogP contribution in [0, 0.1) is 0 Å². The van der Waals surface area contributed by atoms with Crippen molar-refractivity contribution in [3.8, 4) is 0 Å². The van der Waals surface area contributed by atoms with Crippen molar-refractivity contribution in [1.82, 2.24) is 15.3 Å². The van der Waals surface area contributed by atoms with Gasteiger partial charge in [-0.1, -0.05) is 6.07 Å². The highest BCUT2D eigenvalue weighted by atomic mass is 32.1. The fourth-order valence-corrected chi connectivity index (χ4v) is 2.93. The van der Waals surface area contributed by atoms with Gasteiger partial charge in [0.05, 0.1) is 17.3 Å². The van der Waals surface area contributed by atoms with Gasteiger partial charge in [0.25, 0.3) is 0 Å². The molecule has 5 heteroatoms. The number of hydrogen-bond donors (Lipinski definition) is 1. The van der Waals surface area contributed by atoms with Crippen LogP contribution in [0.25, 0.3) is 0 Å². The Hall–Kier alpha value is -1.30. The van der Waals surface area contributed by atoms with Gasteiger partial charge >= 0.3 is 0 Å². The van der Waals surface area contributed by atoms with E-state index < -0.39 is 0 Å². The number of rotatable bonds is 6. The van der Waals surface area contributed by atoms with Crippen molar-refractivity contribution in [2.45, 2.75) is 45.9 Å². The zero-order valence-electron chi connectivity index (χ0n) is 13.1. The van der Waals surface area contributed by atoms with Crippen LogP contribution in [0.1, 0.15) is 42.0 Å². The molecule has 0 amide bonds. The van der Waals surface area contributed by atoms with Gasteiger partial charge in [-0.25, -0.2) is 4.98 Å². The molecule has 2 heterocycles. The van der Waals surface area contributed by atoms with Gasteiger partial charge in [-0.15, -0.1) is 11.3 Å². The Morgan fingerprint density at radius 2 is 2.10 bits per heavy atom. The lowest BCUT2D eigenvalue weighted by atomic mass is 10.1. The molecule has 2 aromatic heterocycles. The minimum atomic E-state index is 0.0927. The van der Waals surface area contributed by atoms with E-state index in [4.69, 9.17) is 9.72 Å². The Bertz CT molecular complexity index is 561. The number of nitrogens with zero attached hydrogens (tertiary/aromatic N) is 2. The normalized spacial score (nSPS) is 11.8. The summed E-state index contributed by atoms with van der Waals surface area (Å²) in [5.41, 5.74) is 2.17. The van der Waals surface area contributed by atoms with Gasteiger partial charge in [-0.3, -0.25) is 4.98 Å². The first-order valence-electron chi connectivity index (χ1n) is 7.09.